The van der Waals surface area contributed by atoms with Gasteiger partial charge in [-0.2, -0.15) is 0 Å². The summed E-state index contributed by atoms with van der Waals surface area (Å²) in [5, 5.41) is 0. The molecule has 0 aromatic heterocycles. The topological polar surface area (TPSA) is 59.1 Å². The molecule has 1 aliphatic carbocycles. The Morgan fingerprint density at radius 1 is 1.03 bits per heavy atom. The summed E-state index contributed by atoms with van der Waals surface area (Å²) < 4.78 is 10.5. The predicted octanol–water partition coefficient (Wildman–Crippen LogP) is 4.36. The van der Waals surface area contributed by atoms with Gasteiger partial charge in [0, 0.05) is 32.0 Å². The number of hydrogen-bond donors (Lipinski definition) is 0. The van der Waals surface area contributed by atoms with Gasteiger partial charge in [0.05, 0.1) is 19.3 Å². The summed E-state index contributed by atoms with van der Waals surface area (Å²) in [5.74, 6) is 1.73. The second-order valence-corrected chi connectivity index (χ2v) is 9.49. The first kappa shape index (κ1) is 24.3. The molecule has 2 aromatic carbocycles. The van der Waals surface area contributed by atoms with Crippen molar-refractivity contribution in [2.45, 2.75) is 44.6 Å². The van der Waals surface area contributed by atoms with Crippen molar-refractivity contribution in [3.05, 3.63) is 65.7 Å². The second kappa shape index (κ2) is 11.5. The number of amides is 1. The van der Waals surface area contributed by atoms with Gasteiger partial charge < -0.3 is 19.3 Å². The van der Waals surface area contributed by atoms with E-state index in [9.17, 15) is 9.59 Å². The van der Waals surface area contributed by atoms with Crippen molar-refractivity contribution in [3.8, 4) is 5.75 Å². The number of carbonyl (C=O) groups is 2. The average molecular weight is 465 g/mol. The highest BCUT2D eigenvalue weighted by molar-refractivity contribution is 5.89. The number of rotatable bonds is 10. The maximum absolute atomic E-state index is 12.4. The first-order valence-electron chi connectivity index (χ1n) is 12.4. The third-order valence-electron chi connectivity index (χ3n) is 7.11. The van der Waals surface area contributed by atoms with E-state index in [1.807, 2.05) is 6.07 Å². The molecule has 182 valence electrons. The molecule has 2 unspecified atom stereocenters. The van der Waals surface area contributed by atoms with E-state index in [1.165, 1.54) is 12.7 Å². The Labute approximate surface area is 202 Å². The number of nitrogens with zero attached hydrogens (tertiary/aromatic N) is 2. The first-order chi connectivity index (χ1) is 16.5. The van der Waals surface area contributed by atoms with E-state index in [4.69, 9.17) is 9.47 Å². The molecule has 1 aliphatic heterocycles. The quantitative estimate of drug-likeness (QED) is 0.386. The van der Waals surface area contributed by atoms with Crippen molar-refractivity contribution in [2.75, 3.05) is 39.9 Å². The molecular weight excluding hydrogens is 428 g/mol. The standard InChI is InChI=1S/C28H36N2O4/c1-21(31)30(27-19-26(27)23-7-4-3-5-8-23)20-22-13-16-29(17-14-22)15-6-18-34-25-11-9-24(10-12-25)28(32)33-2/h3-5,7-12,22,26-27H,6,13-20H2,1-2H3. The molecule has 2 aliphatic rings. The number of ether oxygens (including phenoxy) is 2. The Kier molecular flexibility index (Phi) is 8.22. The zero-order valence-corrected chi connectivity index (χ0v) is 20.3. The third-order valence-corrected chi connectivity index (χ3v) is 7.11. The summed E-state index contributed by atoms with van der Waals surface area (Å²) >= 11 is 0. The second-order valence-electron chi connectivity index (χ2n) is 9.49. The lowest BCUT2D eigenvalue weighted by Crippen LogP contribution is -2.41. The molecule has 0 bridgehead atoms. The van der Waals surface area contributed by atoms with Crippen LogP contribution >= 0.6 is 0 Å². The molecule has 1 amide bonds. The maximum Gasteiger partial charge on any atom is 0.337 e. The van der Waals surface area contributed by atoms with Crippen LogP contribution in [0.15, 0.2) is 54.6 Å². The molecule has 1 saturated carbocycles. The third kappa shape index (κ3) is 6.38. The van der Waals surface area contributed by atoms with E-state index in [2.05, 4.69) is 34.1 Å². The molecule has 6 nitrogen and oxygen atoms in total. The number of hydrogen-bond acceptors (Lipinski definition) is 5. The Morgan fingerprint density at radius 2 is 1.74 bits per heavy atom. The Morgan fingerprint density at radius 3 is 2.38 bits per heavy atom. The van der Waals surface area contributed by atoms with Gasteiger partial charge >= 0.3 is 5.97 Å². The van der Waals surface area contributed by atoms with Gasteiger partial charge in [0.15, 0.2) is 0 Å². The van der Waals surface area contributed by atoms with Crippen LogP contribution in [0, 0.1) is 5.92 Å². The summed E-state index contributed by atoms with van der Waals surface area (Å²) in [7, 11) is 1.38. The SMILES string of the molecule is COC(=O)c1ccc(OCCCN2CCC(CN(C(C)=O)C3CC3c3ccccc3)CC2)cc1. The first-order valence-corrected chi connectivity index (χ1v) is 12.4. The summed E-state index contributed by atoms with van der Waals surface area (Å²) in [4.78, 5) is 28.5. The minimum Gasteiger partial charge on any atom is -0.494 e. The number of piperidine rings is 1. The summed E-state index contributed by atoms with van der Waals surface area (Å²) in [5.41, 5.74) is 1.88. The van der Waals surface area contributed by atoms with E-state index in [-0.39, 0.29) is 11.9 Å². The molecule has 0 N–H and O–H groups in total. The van der Waals surface area contributed by atoms with Gasteiger partial charge in [0.25, 0.3) is 0 Å². The van der Waals surface area contributed by atoms with E-state index in [0.717, 1.165) is 57.6 Å². The molecule has 6 heteroatoms. The van der Waals surface area contributed by atoms with Crippen LogP contribution in [0.4, 0.5) is 0 Å². The maximum atomic E-state index is 12.4. The van der Waals surface area contributed by atoms with Crippen LogP contribution in [0.5, 0.6) is 5.75 Å². The number of carbonyl (C=O) groups excluding carboxylic acids is 2. The summed E-state index contributed by atoms with van der Waals surface area (Å²) in [6.45, 7) is 6.44. The van der Waals surface area contributed by atoms with Crippen LogP contribution in [0.3, 0.4) is 0 Å². The summed E-state index contributed by atoms with van der Waals surface area (Å²) in [6, 6.07) is 18.0. The normalized spacial score (nSPS) is 20.5. The van der Waals surface area contributed by atoms with Gasteiger partial charge in [-0.3, -0.25) is 4.79 Å². The fourth-order valence-corrected chi connectivity index (χ4v) is 5.04. The zero-order valence-electron chi connectivity index (χ0n) is 20.3. The van der Waals surface area contributed by atoms with Gasteiger partial charge in [-0.15, -0.1) is 0 Å². The van der Waals surface area contributed by atoms with Gasteiger partial charge in [-0.05, 0) is 74.5 Å². The van der Waals surface area contributed by atoms with Gasteiger partial charge in [0.2, 0.25) is 5.91 Å². The van der Waals surface area contributed by atoms with E-state index in [1.54, 1.807) is 31.2 Å². The molecule has 0 spiro atoms. The fraction of sp³-hybridized carbons (Fsp3) is 0.500. The van der Waals surface area contributed by atoms with Crippen LogP contribution in [-0.2, 0) is 9.53 Å². The van der Waals surface area contributed by atoms with E-state index in [0.29, 0.717) is 30.0 Å². The minimum absolute atomic E-state index is 0.211. The van der Waals surface area contributed by atoms with Crippen molar-refractivity contribution in [3.63, 3.8) is 0 Å². The Bertz CT molecular complexity index is 939. The fourth-order valence-electron chi connectivity index (χ4n) is 5.04. The van der Waals surface area contributed by atoms with Gasteiger partial charge in [0.1, 0.15) is 5.75 Å². The van der Waals surface area contributed by atoms with Gasteiger partial charge in [-0.1, -0.05) is 30.3 Å². The molecule has 34 heavy (non-hydrogen) atoms. The highest BCUT2D eigenvalue weighted by atomic mass is 16.5. The van der Waals surface area contributed by atoms with Crippen molar-refractivity contribution in [1.82, 2.24) is 9.80 Å². The largest absolute Gasteiger partial charge is 0.494 e. The number of likely N-dealkylation sites (tertiary alicyclic amines) is 1. The molecule has 1 saturated heterocycles. The Balaban J connectivity index is 1.14. The number of benzene rings is 2. The average Bonchev–Trinajstić information content (AvgIpc) is 3.67. The van der Waals surface area contributed by atoms with Crippen molar-refractivity contribution < 1.29 is 19.1 Å². The van der Waals surface area contributed by atoms with Crippen LogP contribution < -0.4 is 4.74 Å². The lowest BCUT2D eigenvalue weighted by atomic mass is 9.95. The monoisotopic (exact) mass is 464 g/mol. The zero-order chi connectivity index (χ0) is 23.9. The summed E-state index contributed by atoms with van der Waals surface area (Å²) in [6.07, 6.45) is 4.34. The molecule has 2 aromatic rings. The van der Waals surface area contributed by atoms with Crippen molar-refractivity contribution in [2.24, 2.45) is 5.92 Å². The Hall–Kier alpha value is -2.86. The number of esters is 1. The smallest absolute Gasteiger partial charge is 0.337 e. The molecule has 4 rings (SSSR count). The molecular formula is C28H36N2O4. The lowest BCUT2D eigenvalue weighted by Gasteiger charge is -2.35. The van der Waals surface area contributed by atoms with Gasteiger partial charge in [-0.25, -0.2) is 4.79 Å². The van der Waals surface area contributed by atoms with Crippen LogP contribution in [0.1, 0.15) is 54.4 Å². The molecule has 0 radical (unpaired) electrons. The predicted molar refractivity (Wildman–Crippen MR) is 132 cm³/mol. The highest BCUT2D eigenvalue weighted by Crippen LogP contribution is 2.45. The van der Waals surface area contributed by atoms with Crippen LogP contribution in [-0.4, -0.2) is 67.6 Å². The van der Waals surface area contributed by atoms with Crippen LogP contribution in [0.25, 0.3) is 0 Å². The highest BCUT2D eigenvalue weighted by Gasteiger charge is 2.44. The van der Waals surface area contributed by atoms with Crippen molar-refractivity contribution >= 4 is 11.9 Å². The van der Waals surface area contributed by atoms with Crippen molar-refractivity contribution in [1.29, 1.82) is 0 Å². The molecule has 1 heterocycles. The van der Waals surface area contributed by atoms with E-state index >= 15 is 0 Å². The van der Waals surface area contributed by atoms with E-state index < -0.39 is 0 Å². The lowest BCUT2D eigenvalue weighted by molar-refractivity contribution is -0.130. The molecule has 2 atom stereocenters. The number of methoxy groups -OCH3 is 1. The molecule has 2 fully saturated rings. The minimum atomic E-state index is -0.338. The van der Waals surface area contributed by atoms with Crippen LogP contribution in [0.2, 0.25) is 0 Å².